The molecule has 0 spiro atoms. The third-order valence-electron chi connectivity index (χ3n) is 3.38. The first-order valence-electron chi connectivity index (χ1n) is 6.40. The van der Waals surface area contributed by atoms with Crippen LogP contribution in [-0.4, -0.2) is 37.6 Å². The Balaban J connectivity index is 1.70. The van der Waals surface area contributed by atoms with Gasteiger partial charge in [-0.1, -0.05) is 23.7 Å². The third-order valence-corrected chi connectivity index (χ3v) is 3.64. The van der Waals surface area contributed by atoms with Gasteiger partial charge in [-0.2, -0.15) is 0 Å². The molecule has 1 aromatic carbocycles. The SMILES string of the molecule is CN1CCCC(NCCc2ccc(Cl)cc2)C1. The van der Waals surface area contributed by atoms with Crippen molar-refractivity contribution in [1.82, 2.24) is 10.2 Å². The van der Waals surface area contributed by atoms with Crippen molar-refractivity contribution in [2.45, 2.75) is 25.3 Å². The maximum Gasteiger partial charge on any atom is 0.0406 e. The van der Waals surface area contributed by atoms with Crippen LogP contribution < -0.4 is 5.32 Å². The van der Waals surface area contributed by atoms with E-state index in [-0.39, 0.29) is 0 Å². The van der Waals surface area contributed by atoms with E-state index in [1.807, 2.05) is 12.1 Å². The average molecular weight is 253 g/mol. The van der Waals surface area contributed by atoms with E-state index in [0.29, 0.717) is 6.04 Å². The molecule has 2 nitrogen and oxygen atoms in total. The molecule has 0 radical (unpaired) electrons. The first-order valence-corrected chi connectivity index (χ1v) is 6.78. The molecular formula is C14H21ClN2. The van der Waals surface area contributed by atoms with Gasteiger partial charge in [0.25, 0.3) is 0 Å². The van der Waals surface area contributed by atoms with Crippen LogP contribution in [0.1, 0.15) is 18.4 Å². The number of hydrogen-bond donors (Lipinski definition) is 1. The highest BCUT2D eigenvalue weighted by molar-refractivity contribution is 6.30. The molecule has 3 heteroatoms. The second-order valence-corrected chi connectivity index (χ2v) is 5.37. The van der Waals surface area contributed by atoms with Gasteiger partial charge >= 0.3 is 0 Å². The van der Waals surface area contributed by atoms with Gasteiger partial charge in [-0.15, -0.1) is 0 Å². The Hall–Kier alpha value is -0.570. The van der Waals surface area contributed by atoms with Crippen LogP contribution in [-0.2, 0) is 6.42 Å². The molecule has 0 aliphatic carbocycles. The van der Waals surface area contributed by atoms with E-state index in [1.165, 1.54) is 31.5 Å². The molecule has 1 aromatic rings. The third kappa shape index (κ3) is 4.30. The fourth-order valence-corrected chi connectivity index (χ4v) is 2.53. The van der Waals surface area contributed by atoms with Crippen LogP contribution in [0.2, 0.25) is 5.02 Å². The van der Waals surface area contributed by atoms with Crippen molar-refractivity contribution in [2.24, 2.45) is 0 Å². The van der Waals surface area contributed by atoms with E-state index in [0.717, 1.165) is 18.0 Å². The number of likely N-dealkylation sites (N-methyl/N-ethyl adjacent to an activating group) is 1. The van der Waals surface area contributed by atoms with Gasteiger partial charge in [-0.25, -0.2) is 0 Å². The Kier molecular flexibility index (Phi) is 4.84. The van der Waals surface area contributed by atoms with Crippen molar-refractivity contribution in [2.75, 3.05) is 26.7 Å². The Labute approximate surface area is 109 Å². The number of rotatable bonds is 4. The van der Waals surface area contributed by atoms with Crippen molar-refractivity contribution in [3.63, 3.8) is 0 Å². The lowest BCUT2D eigenvalue weighted by Crippen LogP contribution is -2.44. The second-order valence-electron chi connectivity index (χ2n) is 4.93. The van der Waals surface area contributed by atoms with E-state index in [4.69, 9.17) is 11.6 Å². The number of piperidine rings is 1. The van der Waals surface area contributed by atoms with Crippen LogP contribution in [0, 0.1) is 0 Å². The second kappa shape index (κ2) is 6.39. The van der Waals surface area contributed by atoms with Gasteiger partial charge in [0.05, 0.1) is 0 Å². The van der Waals surface area contributed by atoms with E-state index < -0.39 is 0 Å². The van der Waals surface area contributed by atoms with Crippen molar-refractivity contribution in [3.8, 4) is 0 Å². The molecule has 1 N–H and O–H groups in total. The topological polar surface area (TPSA) is 15.3 Å². The van der Waals surface area contributed by atoms with Gasteiger partial charge in [-0.3, -0.25) is 0 Å². The van der Waals surface area contributed by atoms with Gasteiger partial charge < -0.3 is 10.2 Å². The van der Waals surface area contributed by atoms with E-state index >= 15 is 0 Å². The van der Waals surface area contributed by atoms with E-state index in [9.17, 15) is 0 Å². The minimum atomic E-state index is 0.668. The molecule has 0 aromatic heterocycles. The molecule has 0 bridgehead atoms. The van der Waals surface area contributed by atoms with Gasteiger partial charge in [-0.05, 0) is 57.1 Å². The highest BCUT2D eigenvalue weighted by Gasteiger charge is 2.15. The molecule has 2 rings (SSSR count). The minimum Gasteiger partial charge on any atom is -0.312 e. The van der Waals surface area contributed by atoms with Gasteiger partial charge in [0, 0.05) is 17.6 Å². The molecule has 1 unspecified atom stereocenters. The molecule has 1 aliphatic rings. The Morgan fingerprint density at radius 3 is 2.82 bits per heavy atom. The van der Waals surface area contributed by atoms with Crippen LogP contribution in [0.3, 0.4) is 0 Å². The van der Waals surface area contributed by atoms with Crippen molar-refractivity contribution >= 4 is 11.6 Å². The summed E-state index contributed by atoms with van der Waals surface area (Å²) in [6, 6.07) is 8.81. The van der Waals surface area contributed by atoms with Crippen molar-refractivity contribution in [3.05, 3.63) is 34.9 Å². The Morgan fingerprint density at radius 2 is 2.12 bits per heavy atom. The molecule has 1 heterocycles. The Morgan fingerprint density at radius 1 is 1.35 bits per heavy atom. The summed E-state index contributed by atoms with van der Waals surface area (Å²) < 4.78 is 0. The van der Waals surface area contributed by atoms with Crippen LogP contribution in [0.4, 0.5) is 0 Å². The number of benzene rings is 1. The number of likely N-dealkylation sites (tertiary alicyclic amines) is 1. The summed E-state index contributed by atoms with van der Waals surface area (Å²) >= 11 is 5.86. The van der Waals surface area contributed by atoms with E-state index in [1.54, 1.807) is 0 Å². The van der Waals surface area contributed by atoms with E-state index in [2.05, 4.69) is 29.4 Å². The lowest BCUT2D eigenvalue weighted by atomic mass is 10.1. The summed E-state index contributed by atoms with van der Waals surface area (Å²) in [5.74, 6) is 0. The summed E-state index contributed by atoms with van der Waals surface area (Å²) in [7, 11) is 2.20. The normalized spacial score (nSPS) is 21.6. The van der Waals surface area contributed by atoms with Crippen molar-refractivity contribution < 1.29 is 0 Å². The smallest absolute Gasteiger partial charge is 0.0406 e. The van der Waals surface area contributed by atoms with Crippen LogP contribution >= 0.6 is 11.6 Å². The zero-order valence-corrected chi connectivity index (χ0v) is 11.2. The highest BCUT2D eigenvalue weighted by Crippen LogP contribution is 2.10. The number of nitrogens with one attached hydrogen (secondary N) is 1. The predicted octanol–water partition coefficient (Wildman–Crippen LogP) is 2.57. The molecular weight excluding hydrogens is 232 g/mol. The minimum absolute atomic E-state index is 0.668. The quantitative estimate of drug-likeness (QED) is 0.886. The van der Waals surface area contributed by atoms with Crippen LogP contribution in [0.15, 0.2) is 24.3 Å². The summed E-state index contributed by atoms with van der Waals surface area (Å²) in [4.78, 5) is 2.41. The molecule has 1 fully saturated rings. The van der Waals surface area contributed by atoms with Crippen LogP contribution in [0.5, 0.6) is 0 Å². The summed E-state index contributed by atoms with van der Waals surface area (Å²) in [6.45, 7) is 3.48. The first kappa shape index (κ1) is 12.9. The predicted molar refractivity (Wildman–Crippen MR) is 73.7 cm³/mol. The lowest BCUT2D eigenvalue weighted by Gasteiger charge is -2.30. The number of halogens is 1. The molecule has 94 valence electrons. The largest absolute Gasteiger partial charge is 0.312 e. The molecule has 0 amide bonds. The van der Waals surface area contributed by atoms with Gasteiger partial charge in [0.1, 0.15) is 0 Å². The fourth-order valence-electron chi connectivity index (χ4n) is 2.40. The molecule has 1 aliphatic heterocycles. The molecule has 17 heavy (non-hydrogen) atoms. The van der Waals surface area contributed by atoms with Crippen molar-refractivity contribution in [1.29, 1.82) is 0 Å². The number of hydrogen-bond acceptors (Lipinski definition) is 2. The molecule has 1 atom stereocenters. The average Bonchev–Trinajstić information content (AvgIpc) is 2.32. The van der Waals surface area contributed by atoms with Crippen LogP contribution in [0.25, 0.3) is 0 Å². The molecule has 0 saturated carbocycles. The standard InChI is InChI=1S/C14H21ClN2/c1-17-10-2-3-14(11-17)16-9-8-12-4-6-13(15)7-5-12/h4-7,14,16H,2-3,8-11H2,1H3. The van der Waals surface area contributed by atoms with Gasteiger partial charge in [0.2, 0.25) is 0 Å². The monoisotopic (exact) mass is 252 g/mol. The number of nitrogens with zero attached hydrogens (tertiary/aromatic N) is 1. The van der Waals surface area contributed by atoms with Gasteiger partial charge in [0.15, 0.2) is 0 Å². The lowest BCUT2D eigenvalue weighted by molar-refractivity contribution is 0.228. The zero-order chi connectivity index (χ0) is 12.1. The highest BCUT2D eigenvalue weighted by atomic mass is 35.5. The zero-order valence-electron chi connectivity index (χ0n) is 10.5. The fraction of sp³-hybridized carbons (Fsp3) is 0.571. The molecule has 1 saturated heterocycles. The first-order chi connectivity index (χ1) is 8.24. The summed E-state index contributed by atoms with van der Waals surface area (Å²) in [5.41, 5.74) is 1.35. The Bertz CT molecular complexity index is 337. The maximum absolute atomic E-state index is 5.86. The summed E-state index contributed by atoms with van der Waals surface area (Å²) in [5, 5.41) is 4.46. The summed E-state index contributed by atoms with van der Waals surface area (Å²) in [6.07, 6.45) is 3.71. The maximum atomic E-state index is 5.86.